The lowest BCUT2D eigenvalue weighted by atomic mass is 9.64. The number of sulfonamides is 1. The number of ether oxygens (including phenoxy) is 1. The van der Waals surface area contributed by atoms with Gasteiger partial charge in [-0.15, -0.1) is 0 Å². The van der Waals surface area contributed by atoms with Crippen LogP contribution in [0, 0.1) is 0 Å². The fourth-order valence-electron chi connectivity index (χ4n) is 4.28. The minimum absolute atomic E-state index is 0.0534. The number of aryl methyl sites for hydroxylation is 1. The molecule has 0 amide bonds. The number of esters is 1. The van der Waals surface area contributed by atoms with Gasteiger partial charge in [-0.1, -0.05) is 43.7 Å². The van der Waals surface area contributed by atoms with E-state index in [2.05, 4.69) is 11.9 Å². The van der Waals surface area contributed by atoms with Crippen LogP contribution < -0.4 is 0 Å². The van der Waals surface area contributed by atoms with Crippen molar-refractivity contribution in [2.24, 2.45) is 0 Å². The predicted molar refractivity (Wildman–Crippen MR) is 123 cm³/mol. The van der Waals surface area contributed by atoms with E-state index in [9.17, 15) is 13.2 Å². The van der Waals surface area contributed by atoms with Crippen molar-refractivity contribution in [3.05, 3.63) is 59.9 Å². The molecule has 2 aromatic carbocycles. The molecule has 0 aliphatic heterocycles. The van der Waals surface area contributed by atoms with Crippen molar-refractivity contribution in [2.45, 2.75) is 56.1 Å². The van der Waals surface area contributed by atoms with Gasteiger partial charge in [-0.25, -0.2) is 17.7 Å². The van der Waals surface area contributed by atoms with Crippen molar-refractivity contribution >= 4 is 27.0 Å². The number of rotatable bonds is 8. The first-order chi connectivity index (χ1) is 15.3. The van der Waals surface area contributed by atoms with Gasteiger partial charge in [0, 0.05) is 20.6 Å². The second-order valence-corrected chi connectivity index (χ2v) is 10.6. The molecule has 1 aliphatic rings. The third-order valence-electron chi connectivity index (χ3n) is 6.28. The van der Waals surface area contributed by atoms with Gasteiger partial charge in [0.2, 0.25) is 10.0 Å². The summed E-state index contributed by atoms with van der Waals surface area (Å²) < 4.78 is 34.0. The number of fused-ring (bicyclic) bond motifs is 1. The molecule has 1 aliphatic carbocycles. The maximum atomic E-state index is 13.1. The molecule has 0 spiro atoms. The van der Waals surface area contributed by atoms with Crippen LogP contribution in [0.15, 0.2) is 53.4 Å². The van der Waals surface area contributed by atoms with Gasteiger partial charge in [-0.05, 0) is 43.0 Å². The molecule has 7 nitrogen and oxygen atoms in total. The smallest absolute Gasteiger partial charge is 0.317 e. The van der Waals surface area contributed by atoms with E-state index >= 15 is 0 Å². The first-order valence-corrected chi connectivity index (χ1v) is 12.4. The van der Waals surface area contributed by atoms with Crippen molar-refractivity contribution < 1.29 is 17.9 Å². The van der Waals surface area contributed by atoms with Crippen LogP contribution in [0.3, 0.4) is 0 Å². The zero-order valence-corrected chi connectivity index (χ0v) is 19.6. The Morgan fingerprint density at radius 1 is 1.16 bits per heavy atom. The lowest BCUT2D eigenvalue weighted by molar-refractivity contribution is -0.156. The second-order valence-electron chi connectivity index (χ2n) is 8.50. The molecular formula is C24H29N3O4S. The predicted octanol–water partition coefficient (Wildman–Crippen LogP) is 3.86. The fraction of sp³-hybridized carbons (Fsp3) is 0.417. The number of hydrogen-bond acceptors (Lipinski definition) is 5. The van der Waals surface area contributed by atoms with E-state index in [1.807, 2.05) is 34.9 Å². The van der Waals surface area contributed by atoms with Crippen LogP contribution in [0.25, 0.3) is 11.0 Å². The highest BCUT2D eigenvalue weighted by atomic mass is 32.2. The highest BCUT2D eigenvalue weighted by Crippen LogP contribution is 2.44. The fourth-order valence-corrected chi connectivity index (χ4v) is 5.20. The van der Waals surface area contributed by atoms with Gasteiger partial charge in [0.25, 0.3) is 0 Å². The zero-order chi connectivity index (χ0) is 22.9. The van der Waals surface area contributed by atoms with E-state index in [1.165, 1.54) is 18.4 Å². The average Bonchev–Trinajstić information content (AvgIpc) is 3.09. The largest absolute Gasteiger partial charge is 0.457 e. The normalized spacial score (nSPS) is 15.6. The quantitative estimate of drug-likeness (QED) is 0.482. The van der Waals surface area contributed by atoms with Crippen LogP contribution in [0.5, 0.6) is 0 Å². The Balaban J connectivity index is 1.62. The van der Waals surface area contributed by atoms with Crippen molar-refractivity contribution in [2.75, 3.05) is 14.1 Å². The van der Waals surface area contributed by atoms with Crippen molar-refractivity contribution in [1.29, 1.82) is 0 Å². The molecule has 0 saturated heterocycles. The summed E-state index contributed by atoms with van der Waals surface area (Å²) in [5, 5.41) is 0. The minimum atomic E-state index is -3.56. The molecule has 32 heavy (non-hydrogen) atoms. The molecule has 0 radical (unpaired) electrons. The lowest BCUT2D eigenvalue weighted by Crippen LogP contribution is -2.43. The molecule has 0 N–H and O–H groups in total. The summed E-state index contributed by atoms with van der Waals surface area (Å²) in [4.78, 5) is 18.0. The molecule has 3 aromatic rings. The number of hydrogen-bond donors (Lipinski definition) is 0. The van der Waals surface area contributed by atoms with Crippen LogP contribution in [-0.4, -0.2) is 42.3 Å². The number of nitrogens with zero attached hydrogens (tertiary/aromatic N) is 3. The van der Waals surface area contributed by atoms with Crippen LogP contribution in [-0.2, 0) is 38.1 Å². The van der Waals surface area contributed by atoms with E-state index in [0.717, 1.165) is 36.8 Å². The first-order valence-electron chi connectivity index (χ1n) is 10.9. The summed E-state index contributed by atoms with van der Waals surface area (Å²) in [7, 11) is -0.551. The summed E-state index contributed by atoms with van der Waals surface area (Å²) in [6.07, 6.45) is 3.44. The van der Waals surface area contributed by atoms with Gasteiger partial charge in [-0.3, -0.25) is 4.79 Å². The van der Waals surface area contributed by atoms with Gasteiger partial charge < -0.3 is 9.30 Å². The Bertz CT molecular complexity index is 1230. The number of imidazole rings is 1. The maximum absolute atomic E-state index is 13.1. The molecule has 1 aromatic heterocycles. The van der Waals surface area contributed by atoms with E-state index < -0.39 is 15.4 Å². The van der Waals surface area contributed by atoms with Gasteiger partial charge >= 0.3 is 5.97 Å². The van der Waals surface area contributed by atoms with Gasteiger partial charge in [0.1, 0.15) is 12.4 Å². The third-order valence-corrected chi connectivity index (χ3v) is 8.09. The van der Waals surface area contributed by atoms with E-state index in [0.29, 0.717) is 17.9 Å². The summed E-state index contributed by atoms with van der Waals surface area (Å²) in [5.74, 6) is 0.401. The Hall–Kier alpha value is -2.71. The molecule has 0 bridgehead atoms. The number of carbonyl (C=O) groups is 1. The lowest BCUT2D eigenvalue weighted by Gasteiger charge is -2.39. The molecule has 0 unspecified atom stereocenters. The monoisotopic (exact) mass is 455 g/mol. The van der Waals surface area contributed by atoms with E-state index in [1.54, 1.807) is 18.2 Å². The van der Waals surface area contributed by atoms with Crippen molar-refractivity contribution in [3.8, 4) is 0 Å². The second kappa shape index (κ2) is 8.67. The molecule has 4 rings (SSSR count). The molecule has 8 heteroatoms. The van der Waals surface area contributed by atoms with Crippen LogP contribution in [0.2, 0.25) is 0 Å². The van der Waals surface area contributed by atoms with Crippen LogP contribution in [0.4, 0.5) is 0 Å². The minimum Gasteiger partial charge on any atom is -0.457 e. The Kier molecular flexibility index (Phi) is 6.09. The summed E-state index contributed by atoms with van der Waals surface area (Å²) >= 11 is 0. The summed E-state index contributed by atoms with van der Waals surface area (Å²) in [6, 6.07) is 14.8. The van der Waals surface area contributed by atoms with E-state index in [-0.39, 0.29) is 17.5 Å². The highest BCUT2D eigenvalue weighted by molar-refractivity contribution is 7.89. The Morgan fingerprint density at radius 2 is 1.88 bits per heavy atom. The average molecular weight is 456 g/mol. The zero-order valence-electron chi connectivity index (χ0n) is 18.7. The first kappa shape index (κ1) is 22.5. The topological polar surface area (TPSA) is 81.5 Å². The van der Waals surface area contributed by atoms with Crippen molar-refractivity contribution in [1.82, 2.24) is 13.9 Å². The Morgan fingerprint density at radius 3 is 2.47 bits per heavy atom. The van der Waals surface area contributed by atoms with Crippen molar-refractivity contribution in [3.63, 3.8) is 0 Å². The molecule has 170 valence electrons. The molecule has 1 saturated carbocycles. The van der Waals surface area contributed by atoms with Gasteiger partial charge in [0.05, 0.1) is 21.3 Å². The third kappa shape index (κ3) is 3.82. The highest BCUT2D eigenvalue weighted by Gasteiger charge is 2.47. The van der Waals surface area contributed by atoms with Crippen LogP contribution in [0.1, 0.15) is 44.0 Å². The van der Waals surface area contributed by atoms with Gasteiger partial charge in [0.15, 0.2) is 0 Å². The standard InChI is InChI=1S/C24H29N3O4S/c1-4-15-27-21-12-11-19(32(29,30)26(2)3)16-20(21)25-22(27)17-31-23(28)24(13-8-14-24)18-9-6-5-7-10-18/h5-7,9-12,16H,4,8,13-15,17H2,1-3H3. The SMILES string of the molecule is CCCn1c(COC(=O)C2(c3ccccc3)CCC2)nc2cc(S(=O)(=O)N(C)C)ccc21. The van der Waals surface area contributed by atoms with E-state index in [4.69, 9.17) is 4.74 Å². The van der Waals surface area contributed by atoms with Gasteiger partial charge in [-0.2, -0.15) is 0 Å². The molecule has 0 atom stereocenters. The molecule has 1 heterocycles. The molecule has 1 fully saturated rings. The Labute approximate surface area is 189 Å². The molecular weight excluding hydrogens is 426 g/mol. The number of aromatic nitrogens is 2. The summed E-state index contributed by atoms with van der Waals surface area (Å²) in [5.41, 5.74) is 1.83. The maximum Gasteiger partial charge on any atom is 0.317 e. The number of benzene rings is 2. The van der Waals surface area contributed by atoms with Crippen LogP contribution >= 0.6 is 0 Å². The summed E-state index contributed by atoms with van der Waals surface area (Å²) in [6.45, 7) is 2.82. The number of carbonyl (C=O) groups excluding carboxylic acids is 1.